The van der Waals surface area contributed by atoms with Crippen molar-refractivity contribution in [3.05, 3.63) is 29.8 Å². The van der Waals surface area contributed by atoms with Crippen LogP contribution in [0.2, 0.25) is 5.02 Å². The number of pyridine rings is 1. The highest BCUT2D eigenvalue weighted by Gasteiger charge is 2.29. The van der Waals surface area contributed by atoms with Crippen LogP contribution in [-0.2, 0) is 4.79 Å². The van der Waals surface area contributed by atoms with Crippen LogP contribution in [0.4, 0.5) is 19.1 Å². The molecule has 0 spiro atoms. The van der Waals surface area contributed by atoms with E-state index >= 15 is 0 Å². The molecule has 3 rings (SSSR count). The number of alkyl halides is 3. The molecule has 28 heavy (non-hydrogen) atoms. The highest BCUT2D eigenvalue weighted by Crippen LogP contribution is 2.27. The maximum Gasteiger partial charge on any atom is 0.405 e. The number of carbonyl (C=O) groups is 1. The molecule has 0 saturated carbocycles. The molecule has 0 fully saturated rings. The number of hydrogen-bond donors (Lipinski definition) is 3. The summed E-state index contributed by atoms with van der Waals surface area (Å²) >= 11 is 5.98. The van der Waals surface area contributed by atoms with Crippen molar-refractivity contribution in [2.45, 2.75) is 25.6 Å². The average molecular weight is 414 g/mol. The van der Waals surface area contributed by atoms with E-state index in [0.29, 0.717) is 27.4 Å². The zero-order chi connectivity index (χ0) is 20.3. The van der Waals surface area contributed by atoms with Crippen LogP contribution in [-0.4, -0.2) is 49.6 Å². The monoisotopic (exact) mass is 413 g/mol. The minimum atomic E-state index is -4.49. The summed E-state index contributed by atoms with van der Waals surface area (Å²) < 4.78 is 36.9. The second-order valence-electron chi connectivity index (χ2n) is 5.82. The summed E-state index contributed by atoms with van der Waals surface area (Å²) in [5, 5.41) is 5.71. The molecular weight excluding hydrogens is 399 g/mol. The summed E-state index contributed by atoms with van der Waals surface area (Å²) in [5.74, 6) is -0.452. The van der Waals surface area contributed by atoms with Crippen LogP contribution in [0.15, 0.2) is 24.8 Å². The summed E-state index contributed by atoms with van der Waals surface area (Å²) in [6.07, 6.45) is 0.133. The fourth-order valence-electron chi connectivity index (χ4n) is 2.48. The van der Waals surface area contributed by atoms with Gasteiger partial charge in [0.25, 0.3) is 0 Å². The lowest BCUT2D eigenvalue weighted by Gasteiger charge is -2.17. The molecule has 3 aromatic rings. The Hall–Kier alpha value is -2.95. The third kappa shape index (κ3) is 4.66. The fraction of sp³-hybridized carbons (Fsp3) is 0.312. The van der Waals surface area contributed by atoms with Crippen LogP contribution in [0.5, 0.6) is 0 Å². The molecule has 0 aromatic carbocycles. The van der Waals surface area contributed by atoms with Gasteiger partial charge in [0.2, 0.25) is 11.9 Å². The van der Waals surface area contributed by atoms with Gasteiger partial charge in [-0.15, -0.1) is 0 Å². The van der Waals surface area contributed by atoms with Crippen molar-refractivity contribution in [1.29, 1.82) is 0 Å². The predicted octanol–water partition coefficient (Wildman–Crippen LogP) is 2.94. The van der Waals surface area contributed by atoms with Crippen molar-refractivity contribution in [1.82, 2.24) is 30.2 Å². The highest BCUT2D eigenvalue weighted by molar-refractivity contribution is 6.31. The summed E-state index contributed by atoms with van der Waals surface area (Å²) in [7, 11) is 0. The van der Waals surface area contributed by atoms with E-state index in [1.807, 2.05) is 5.32 Å². The van der Waals surface area contributed by atoms with Gasteiger partial charge in [0.05, 0.1) is 5.02 Å². The summed E-state index contributed by atoms with van der Waals surface area (Å²) in [5.41, 5.74) is 1.21. The van der Waals surface area contributed by atoms with Gasteiger partial charge in [-0.1, -0.05) is 18.5 Å². The van der Waals surface area contributed by atoms with E-state index in [0.717, 1.165) is 0 Å². The molecule has 0 saturated heterocycles. The van der Waals surface area contributed by atoms with Gasteiger partial charge >= 0.3 is 6.18 Å². The first-order chi connectivity index (χ1) is 13.3. The Morgan fingerprint density at radius 2 is 2.11 bits per heavy atom. The lowest BCUT2D eigenvalue weighted by Crippen LogP contribution is -2.43. The molecule has 12 heteroatoms. The van der Waals surface area contributed by atoms with E-state index in [4.69, 9.17) is 11.6 Å². The quantitative estimate of drug-likeness (QED) is 0.573. The Balaban J connectivity index is 1.80. The molecule has 8 nitrogen and oxygen atoms in total. The predicted molar refractivity (Wildman–Crippen MR) is 96.7 cm³/mol. The molecule has 0 aliphatic rings. The number of aromatic amines is 1. The number of H-pyrrole nitrogens is 1. The van der Waals surface area contributed by atoms with Gasteiger partial charge in [-0.3, -0.25) is 4.79 Å². The molecule has 0 radical (unpaired) electrons. The minimum Gasteiger partial charge on any atom is -0.345 e. The Kier molecular flexibility index (Phi) is 5.63. The van der Waals surface area contributed by atoms with E-state index in [1.54, 1.807) is 19.2 Å². The van der Waals surface area contributed by atoms with Crippen molar-refractivity contribution in [2.75, 3.05) is 11.9 Å². The summed E-state index contributed by atoms with van der Waals surface area (Å²) in [6.45, 7) is 0.246. The Morgan fingerprint density at radius 1 is 1.32 bits per heavy atom. The largest absolute Gasteiger partial charge is 0.405 e. The van der Waals surface area contributed by atoms with Gasteiger partial charge in [0, 0.05) is 23.3 Å². The first kappa shape index (κ1) is 19.8. The number of nitrogens with zero attached hydrogens (tertiary/aromatic N) is 4. The Morgan fingerprint density at radius 3 is 2.82 bits per heavy atom. The number of anilines is 1. The van der Waals surface area contributed by atoms with Crippen LogP contribution in [0.1, 0.15) is 13.3 Å². The van der Waals surface area contributed by atoms with Crippen LogP contribution in [0, 0.1) is 0 Å². The van der Waals surface area contributed by atoms with E-state index < -0.39 is 24.7 Å². The molecule has 0 aliphatic heterocycles. The lowest BCUT2D eigenvalue weighted by molar-refractivity contribution is -0.138. The molecule has 3 heterocycles. The van der Waals surface area contributed by atoms with Crippen molar-refractivity contribution >= 4 is 34.5 Å². The average Bonchev–Trinajstić information content (AvgIpc) is 3.07. The summed E-state index contributed by atoms with van der Waals surface area (Å²) in [4.78, 5) is 31.4. The third-order valence-electron chi connectivity index (χ3n) is 3.80. The molecule has 148 valence electrons. The molecule has 3 aromatic heterocycles. The van der Waals surface area contributed by atoms with Gasteiger partial charge in [-0.25, -0.2) is 15.0 Å². The van der Waals surface area contributed by atoms with Crippen molar-refractivity contribution < 1.29 is 18.0 Å². The number of nitrogens with one attached hydrogen (secondary N) is 3. The molecular formula is C16H15ClF3N7O. The molecule has 0 unspecified atom stereocenters. The highest BCUT2D eigenvalue weighted by atomic mass is 35.5. The zero-order valence-electron chi connectivity index (χ0n) is 14.5. The second kappa shape index (κ2) is 7.97. The SMILES string of the molecule is CC[C@@H](Nc1ncnc(-c2c[nH]c3ncc(Cl)cc23)n1)C(=O)NCC(F)(F)F. The molecule has 1 amide bonds. The van der Waals surface area contributed by atoms with Crippen LogP contribution < -0.4 is 10.6 Å². The number of halogens is 4. The molecule has 3 N–H and O–H groups in total. The minimum absolute atomic E-state index is 0.0587. The standard InChI is InChI=1S/C16H15ClF3N7O/c1-2-11(14(28)23-6-16(18,19)20)26-15-25-7-24-13(27-15)10-5-22-12-9(10)3-8(17)4-21-12/h3-5,7,11H,2,6H2,1H3,(H,21,22)(H,23,28)(H,24,25,26,27)/t11-/m1/s1. The fourth-order valence-corrected chi connectivity index (χ4v) is 2.64. The lowest BCUT2D eigenvalue weighted by atomic mass is 10.2. The summed E-state index contributed by atoms with van der Waals surface area (Å²) in [6, 6.07) is 0.767. The number of amides is 1. The van der Waals surface area contributed by atoms with Gasteiger partial charge < -0.3 is 15.6 Å². The smallest absolute Gasteiger partial charge is 0.345 e. The number of hydrogen-bond acceptors (Lipinski definition) is 6. The molecule has 0 aliphatic carbocycles. The second-order valence-corrected chi connectivity index (χ2v) is 6.26. The van der Waals surface area contributed by atoms with Gasteiger partial charge in [-0.2, -0.15) is 18.2 Å². The first-order valence-corrected chi connectivity index (χ1v) is 8.57. The Labute approximate surface area is 162 Å². The number of rotatable bonds is 6. The van der Waals surface area contributed by atoms with Crippen molar-refractivity contribution in [3.8, 4) is 11.4 Å². The molecule has 0 bridgehead atoms. The first-order valence-electron chi connectivity index (χ1n) is 8.20. The van der Waals surface area contributed by atoms with Gasteiger partial charge in [0.1, 0.15) is 24.6 Å². The maximum atomic E-state index is 12.3. The Bertz CT molecular complexity index is 992. The van der Waals surface area contributed by atoms with Crippen molar-refractivity contribution in [3.63, 3.8) is 0 Å². The maximum absolute atomic E-state index is 12.3. The number of aromatic nitrogens is 5. The van der Waals surface area contributed by atoms with Crippen LogP contribution in [0.25, 0.3) is 22.4 Å². The van der Waals surface area contributed by atoms with Gasteiger partial charge in [-0.05, 0) is 12.5 Å². The van der Waals surface area contributed by atoms with E-state index in [1.165, 1.54) is 12.5 Å². The van der Waals surface area contributed by atoms with Gasteiger partial charge in [0.15, 0.2) is 5.82 Å². The van der Waals surface area contributed by atoms with E-state index in [2.05, 4.69) is 30.2 Å². The zero-order valence-corrected chi connectivity index (χ0v) is 15.3. The van der Waals surface area contributed by atoms with Crippen molar-refractivity contribution in [2.24, 2.45) is 0 Å². The van der Waals surface area contributed by atoms with Crippen LogP contribution in [0.3, 0.4) is 0 Å². The van der Waals surface area contributed by atoms with Crippen LogP contribution >= 0.6 is 11.6 Å². The normalized spacial score (nSPS) is 12.8. The van der Waals surface area contributed by atoms with E-state index in [9.17, 15) is 18.0 Å². The third-order valence-corrected chi connectivity index (χ3v) is 4.01. The van der Waals surface area contributed by atoms with E-state index in [-0.39, 0.29) is 12.4 Å². The topological polar surface area (TPSA) is 108 Å². The number of carbonyl (C=O) groups excluding carboxylic acids is 1. The number of fused-ring (bicyclic) bond motifs is 1. The molecule has 1 atom stereocenters.